The minimum atomic E-state index is -2.39. The van der Waals surface area contributed by atoms with E-state index in [1.807, 2.05) is 0 Å². The van der Waals surface area contributed by atoms with Crippen molar-refractivity contribution in [3.63, 3.8) is 0 Å². The van der Waals surface area contributed by atoms with Crippen LogP contribution in [0.25, 0.3) is 0 Å². The summed E-state index contributed by atoms with van der Waals surface area (Å²) < 4.78 is 74.9. The number of carbonyl (C=O) groups is 2. The highest BCUT2D eigenvalue weighted by Gasteiger charge is 2.30. The molecular weight excluding hydrogens is 353 g/mol. The molecule has 2 N–H and O–H groups in total. The highest BCUT2D eigenvalue weighted by atomic mass is 19.2. The summed E-state index contributed by atoms with van der Waals surface area (Å²) >= 11 is 0. The number of esters is 2. The normalized spacial score (nSPS) is 12.7. The Morgan fingerprint density at radius 2 is 1.40 bits per heavy atom. The van der Waals surface area contributed by atoms with E-state index in [2.05, 4.69) is 4.74 Å². The van der Waals surface area contributed by atoms with Crippen LogP contribution in [0.15, 0.2) is 0 Å². The molecule has 0 saturated heterocycles. The maximum Gasteiger partial charge on any atom is 0.328 e. The Morgan fingerprint density at radius 3 is 1.84 bits per heavy atom. The van der Waals surface area contributed by atoms with Crippen molar-refractivity contribution < 1.29 is 41.0 Å². The zero-order valence-corrected chi connectivity index (χ0v) is 13.6. The second-order valence-electron chi connectivity index (χ2n) is 6.05. The molecular formula is C15H16F5NO4. The maximum atomic E-state index is 13.4. The Kier molecular flexibility index (Phi) is 6.47. The molecule has 0 aliphatic rings. The van der Waals surface area contributed by atoms with Gasteiger partial charge in [0.25, 0.3) is 0 Å². The molecule has 1 aromatic carbocycles. The van der Waals surface area contributed by atoms with Crippen LogP contribution >= 0.6 is 0 Å². The van der Waals surface area contributed by atoms with Gasteiger partial charge in [-0.1, -0.05) is 0 Å². The van der Waals surface area contributed by atoms with Gasteiger partial charge in [-0.15, -0.1) is 0 Å². The highest BCUT2D eigenvalue weighted by molar-refractivity contribution is 5.79. The lowest BCUT2D eigenvalue weighted by atomic mass is 10.1. The van der Waals surface area contributed by atoms with Crippen molar-refractivity contribution >= 4 is 11.9 Å². The summed E-state index contributed by atoms with van der Waals surface area (Å²) in [4.78, 5) is 23.1. The summed E-state index contributed by atoms with van der Waals surface area (Å²) in [6.07, 6.45) is -0.631. The number of halogens is 5. The van der Waals surface area contributed by atoms with Crippen LogP contribution in [0.4, 0.5) is 22.0 Å². The number of carbonyl (C=O) groups excluding carboxylic acids is 2. The maximum absolute atomic E-state index is 13.4. The Labute approximate surface area is 139 Å². The molecule has 0 unspecified atom stereocenters. The summed E-state index contributed by atoms with van der Waals surface area (Å²) in [6, 6.07) is -1.54. The van der Waals surface area contributed by atoms with E-state index in [1.54, 1.807) is 20.8 Å². The van der Waals surface area contributed by atoms with E-state index in [0.29, 0.717) is 0 Å². The molecule has 5 nitrogen and oxygen atoms in total. The SMILES string of the molecule is CC(C)(C)OC(=O)CC[C@H](N)C(=O)Oc1c(F)c(F)c(F)c(F)c1F. The van der Waals surface area contributed by atoms with Gasteiger partial charge in [0, 0.05) is 6.42 Å². The molecule has 0 bridgehead atoms. The Bertz CT molecular complexity index is 658. The van der Waals surface area contributed by atoms with Crippen molar-refractivity contribution in [1.82, 2.24) is 0 Å². The molecule has 25 heavy (non-hydrogen) atoms. The number of hydrogen-bond donors (Lipinski definition) is 1. The number of ether oxygens (including phenoxy) is 2. The predicted octanol–water partition coefficient (Wildman–Crippen LogP) is 2.74. The fourth-order valence-electron chi connectivity index (χ4n) is 1.63. The largest absolute Gasteiger partial charge is 0.460 e. The van der Waals surface area contributed by atoms with Gasteiger partial charge in [-0.3, -0.25) is 4.79 Å². The van der Waals surface area contributed by atoms with Gasteiger partial charge < -0.3 is 15.2 Å². The third-order valence-electron chi connectivity index (χ3n) is 2.75. The van der Waals surface area contributed by atoms with E-state index in [-0.39, 0.29) is 12.8 Å². The fraction of sp³-hybridized carbons (Fsp3) is 0.467. The van der Waals surface area contributed by atoms with Gasteiger partial charge in [0.05, 0.1) is 0 Å². The monoisotopic (exact) mass is 369 g/mol. The Morgan fingerprint density at radius 1 is 0.960 bits per heavy atom. The molecule has 10 heteroatoms. The van der Waals surface area contributed by atoms with Gasteiger partial charge in [-0.2, -0.15) is 8.78 Å². The van der Waals surface area contributed by atoms with E-state index in [1.165, 1.54) is 0 Å². The third kappa shape index (κ3) is 5.38. The number of nitrogens with two attached hydrogens (primary N) is 1. The fourth-order valence-corrected chi connectivity index (χ4v) is 1.63. The van der Waals surface area contributed by atoms with Gasteiger partial charge in [0.1, 0.15) is 11.6 Å². The van der Waals surface area contributed by atoms with Crippen molar-refractivity contribution in [2.45, 2.75) is 45.3 Å². The summed E-state index contributed by atoms with van der Waals surface area (Å²) in [5.41, 5.74) is 4.63. The van der Waals surface area contributed by atoms with Crippen molar-refractivity contribution in [2.24, 2.45) is 5.73 Å². The zero-order chi connectivity index (χ0) is 19.5. The van der Waals surface area contributed by atoms with Crippen LogP contribution in [-0.4, -0.2) is 23.6 Å². The van der Waals surface area contributed by atoms with Crippen molar-refractivity contribution in [2.75, 3.05) is 0 Å². The molecule has 1 atom stereocenters. The first-order valence-electron chi connectivity index (χ1n) is 7.05. The average Bonchev–Trinajstić information content (AvgIpc) is 2.51. The molecule has 140 valence electrons. The predicted molar refractivity (Wildman–Crippen MR) is 74.9 cm³/mol. The minimum absolute atomic E-state index is 0.315. The first-order chi connectivity index (χ1) is 11.3. The van der Waals surface area contributed by atoms with E-state index in [9.17, 15) is 31.5 Å². The van der Waals surface area contributed by atoms with Crippen LogP contribution in [0, 0.1) is 29.1 Å². The van der Waals surface area contributed by atoms with E-state index < -0.39 is 58.4 Å². The van der Waals surface area contributed by atoms with Gasteiger partial charge in [-0.25, -0.2) is 18.0 Å². The number of rotatable bonds is 5. The van der Waals surface area contributed by atoms with Crippen molar-refractivity contribution in [3.05, 3.63) is 29.1 Å². The lowest BCUT2D eigenvalue weighted by Gasteiger charge is -2.20. The van der Waals surface area contributed by atoms with Gasteiger partial charge >= 0.3 is 11.9 Å². The molecule has 1 aromatic rings. The van der Waals surface area contributed by atoms with Crippen molar-refractivity contribution in [1.29, 1.82) is 0 Å². The summed E-state index contributed by atoms with van der Waals surface area (Å²) in [5, 5.41) is 0. The molecule has 0 aliphatic heterocycles. The Balaban J connectivity index is 2.78. The van der Waals surface area contributed by atoms with Crippen LogP contribution in [0.3, 0.4) is 0 Å². The summed E-state index contributed by atoms with van der Waals surface area (Å²) in [7, 11) is 0. The summed E-state index contributed by atoms with van der Waals surface area (Å²) in [5.74, 6) is -15.4. The second-order valence-corrected chi connectivity index (χ2v) is 6.05. The molecule has 0 saturated carbocycles. The van der Waals surface area contributed by atoms with Crippen molar-refractivity contribution in [3.8, 4) is 5.75 Å². The number of hydrogen-bond acceptors (Lipinski definition) is 5. The third-order valence-corrected chi connectivity index (χ3v) is 2.75. The number of benzene rings is 1. The first-order valence-corrected chi connectivity index (χ1v) is 7.05. The van der Waals surface area contributed by atoms with Crippen LogP contribution < -0.4 is 10.5 Å². The molecule has 0 heterocycles. The molecule has 0 amide bonds. The second kappa shape index (κ2) is 7.77. The van der Waals surface area contributed by atoms with Gasteiger partial charge in [-0.05, 0) is 27.2 Å². The molecule has 0 aliphatic carbocycles. The molecule has 1 rings (SSSR count). The first kappa shape index (κ1) is 20.8. The van der Waals surface area contributed by atoms with Crippen LogP contribution in [0.5, 0.6) is 5.75 Å². The van der Waals surface area contributed by atoms with Crippen LogP contribution in [0.1, 0.15) is 33.6 Å². The topological polar surface area (TPSA) is 78.6 Å². The highest BCUT2D eigenvalue weighted by Crippen LogP contribution is 2.29. The molecule has 0 spiro atoms. The van der Waals surface area contributed by atoms with E-state index in [4.69, 9.17) is 10.5 Å². The smallest absolute Gasteiger partial charge is 0.328 e. The minimum Gasteiger partial charge on any atom is -0.460 e. The lowest BCUT2D eigenvalue weighted by Crippen LogP contribution is -2.36. The quantitative estimate of drug-likeness (QED) is 0.284. The Hall–Kier alpha value is -2.23. The van der Waals surface area contributed by atoms with Gasteiger partial charge in [0.15, 0.2) is 0 Å². The lowest BCUT2D eigenvalue weighted by molar-refractivity contribution is -0.155. The van der Waals surface area contributed by atoms with E-state index in [0.717, 1.165) is 0 Å². The van der Waals surface area contributed by atoms with E-state index >= 15 is 0 Å². The summed E-state index contributed by atoms with van der Waals surface area (Å²) in [6.45, 7) is 4.84. The van der Waals surface area contributed by atoms with Crippen LogP contribution in [0.2, 0.25) is 0 Å². The molecule has 0 fully saturated rings. The van der Waals surface area contributed by atoms with Gasteiger partial charge in [0.2, 0.25) is 34.8 Å². The molecule has 0 aromatic heterocycles. The zero-order valence-electron chi connectivity index (χ0n) is 13.6. The molecule has 0 radical (unpaired) electrons. The standard InChI is InChI=1S/C15H16F5NO4/c1-15(2,3)25-7(22)5-4-6(21)14(23)24-13-11(19)9(17)8(16)10(18)12(13)20/h6H,4-5,21H2,1-3H3/t6-/m0/s1. The van der Waals surface area contributed by atoms with Crippen LogP contribution in [-0.2, 0) is 14.3 Å². The average molecular weight is 369 g/mol.